The Balaban J connectivity index is 1.56. The molecule has 0 radical (unpaired) electrons. The van der Waals surface area contributed by atoms with Gasteiger partial charge in [0.05, 0.1) is 25.5 Å². The van der Waals surface area contributed by atoms with Crippen molar-refractivity contribution in [2.24, 2.45) is 0 Å². The molecule has 1 fully saturated rings. The normalized spacial score (nSPS) is 17.6. The van der Waals surface area contributed by atoms with Crippen molar-refractivity contribution in [3.63, 3.8) is 0 Å². The van der Waals surface area contributed by atoms with E-state index in [-0.39, 0.29) is 18.0 Å². The van der Waals surface area contributed by atoms with Crippen LogP contribution in [0.4, 0.5) is 5.69 Å². The van der Waals surface area contributed by atoms with E-state index < -0.39 is 0 Å². The molecule has 7 nitrogen and oxygen atoms in total. The first-order chi connectivity index (χ1) is 15.1. The number of nitrogens with zero attached hydrogens (tertiary/aromatic N) is 2. The monoisotopic (exact) mass is 423 g/mol. The van der Waals surface area contributed by atoms with Gasteiger partial charge in [0.1, 0.15) is 17.7 Å². The van der Waals surface area contributed by atoms with Crippen LogP contribution >= 0.6 is 0 Å². The molecule has 1 saturated heterocycles. The van der Waals surface area contributed by atoms with Crippen molar-refractivity contribution in [1.82, 2.24) is 10.2 Å². The second-order valence-electron chi connectivity index (χ2n) is 7.85. The average molecular weight is 424 g/mol. The summed E-state index contributed by atoms with van der Waals surface area (Å²) in [6, 6.07) is 10.8. The van der Waals surface area contributed by atoms with Gasteiger partial charge in [0.2, 0.25) is 0 Å². The highest BCUT2D eigenvalue weighted by Gasteiger charge is 2.38. The Labute approximate surface area is 182 Å². The number of ether oxygens (including phenoxy) is 2. The predicted molar refractivity (Wildman–Crippen MR) is 119 cm³/mol. The van der Waals surface area contributed by atoms with E-state index in [4.69, 9.17) is 9.47 Å². The lowest BCUT2D eigenvalue weighted by molar-refractivity contribution is 0.0582. The van der Waals surface area contributed by atoms with Gasteiger partial charge in [-0.1, -0.05) is 0 Å². The summed E-state index contributed by atoms with van der Waals surface area (Å²) in [5.41, 5.74) is 2.89. The van der Waals surface area contributed by atoms with Gasteiger partial charge in [-0.2, -0.15) is 0 Å². The van der Waals surface area contributed by atoms with Crippen LogP contribution in [-0.4, -0.2) is 50.2 Å². The maximum Gasteiger partial charge on any atom is 0.257 e. The summed E-state index contributed by atoms with van der Waals surface area (Å²) in [6.45, 7) is 3.98. The maximum absolute atomic E-state index is 13.0. The van der Waals surface area contributed by atoms with E-state index in [1.54, 1.807) is 26.4 Å². The number of hydrogen-bond donors (Lipinski definition) is 1. The van der Waals surface area contributed by atoms with Crippen LogP contribution in [-0.2, 0) is 6.54 Å². The van der Waals surface area contributed by atoms with Gasteiger partial charge in [0.25, 0.3) is 11.8 Å². The highest BCUT2D eigenvalue weighted by Crippen LogP contribution is 2.35. The van der Waals surface area contributed by atoms with Crippen molar-refractivity contribution in [3.8, 4) is 11.5 Å². The summed E-state index contributed by atoms with van der Waals surface area (Å²) in [4.78, 5) is 30.2. The van der Waals surface area contributed by atoms with Gasteiger partial charge in [-0.3, -0.25) is 9.59 Å². The lowest BCUT2D eigenvalue weighted by Crippen LogP contribution is -2.57. The molecule has 2 aliphatic rings. The van der Waals surface area contributed by atoms with Crippen LogP contribution in [0, 0.1) is 0 Å². The number of rotatable bonds is 6. The predicted octanol–water partition coefficient (Wildman–Crippen LogP) is 3.43. The number of benzene rings is 2. The zero-order chi connectivity index (χ0) is 22.0. The molecule has 2 aliphatic heterocycles. The van der Waals surface area contributed by atoms with Gasteiger partial charge in [-0.25, -0.2) is 0 Å². The van der Waals surface area contributed by atoms with Crippen molar-refractivity contribution in [1.29, 1.82) is 0 Å². The van der Waals surface area contributed by atoms with Crippen LogP contribution < -0.4 is 19.7 Å². The molecule has 0 bridgehead atoms. The first-order valence-corrected chi connectivity index (χ1v) is 10.8. The maximum atomic E-state index is 13.0. The molecule has 1 atom stereocenters. The molecule has 2 aromatic rings. The standard InChI is InChI=1S/C24H29N3O4/c1-4-26-20-14-16(8-10-19(20)24(29)27-12-6-5-7-22(26)27)23(28)25-15-17-13-18(30-2)9-11-21(17)31-3/h8-11,13-14,22H,4-7,12,15H2,1-3H3,(H,25,28)/t22-/m1/s1. The highest BCUT2D eigenvalue weighted by atomic mass is 16.5. The molecule has 2 aromatic carbocycles. The van der Waals surface area contributed by atoms with Gasteiger partial charge >= 0.3 is 0 Å². The molecule has 31 heavy (non-hydrogen) atoms. The molecule has 4 rings (SSSR count). The third-order valence-electron chi connectivity index (χ3n) is 6.16. The number of hydrogen-bond acceptors (Lipinski definition) is 5. The van der Waals surface area contributed by atoms with E-state index in [2.05, 4.69) is 17.1 Å². The Morgan fingerprint density at radius 3 is 2.71 bits per heavy atom. The fraction of sp³-hybridized carbons (Fsp3) is 0.417. The van der Waals surface area contributed by atoms with E-state index >= 15 is 0 Å². The fourth-order valence-corrected chi connectivity index (χ4v) is 4.56. The van der Waals surface area contributed by atoms with Gasteiger partial charge in [-0.05, 0) is 62.6 Å². The molecule has 0 aromatic heterocycles. The van der Waals surface area contributed by atoms with Crippen LogP contribution in [0.1, 0.15) is 52.5 Å². The van der Waals surface area contributed by atoms with Crippen molar-refractivity contribution in [2.75, 3.05) is 32.2 Å². The summed E-state index contributed by atoms with van der Waals surface area (Å²) < 4.78 is 10.7. The van der Waals surface area contributed by atoms with E-state index in [0.29, 0.717) is 29.2 Å². The number of carbonyl (C=O) groups is 2. The minimum atomic E-state index is -0.192. The van der Waals surface area contributed by atoms with Crippen LogP contribution in [0.15, 0.2) is 36.4 Å². The average Bonchev–Trinajstić information content (AvgIpc) is 2.82. The van der Waals surface area contributed by atoms with Crippen molar-refractivity contribution in [2.45, 2.75) is 38.9 Å². The molecular weight excluding hydrogens is 394 g/mol. The van der Waals surface area contributed by atoms with Crippen LogP contribution in [0.5, 0.6) is 11.5 Å². The van der Waals surface area contributed by atoms with Gasteiger partial charge in [-0.15, -0.1) is 0 Å². The number of piperidine rings is 1. The quantitative estimate of drug-likeness (QED) is 0.771. The minimum Gasteiger partial charge on any atom is -0.497 e. The summed E-state index contributed by atoms with van der Waals surface area (Å²) >= 11 is 0. The molecule has 7 heteroatoms. The molecule has 0 spiro atoms. The largest absolute Gasteiger partial charge is 0.497 e. The number of methoxy groups -OCH3 is 2. The number of carbonyl (C=O) groups excluding carboxylic acids is 2. The lowest BCUT2D eigenvalue weighted by atomic mass is 9.97. The van der Waals surface area contributed by atoms with Crippen LogP contribution in [0.3, 0.4) is 0 Å². The van der Waals surface area contributed by atoms with Gasteiger partial charge in [0.15, 0.2) is 0 Å². The topological polar surface area (TPSA) is 71.1 Å². The Bertz CT molecular complexity index is 991. The molecule has 2 heterocycles. The minimum absolute atomic E-state index is 0.0671. The molecule has 0 saturated carbocycles. The summed E-state index contributed by atoms with van der Waals surface area (Å²) in [6.07, 6.45) is 3.20. The molecule has 0 unspecified atom stereocenters. The Morgan fingerprint density at radius 1 is 1.13 bits per heavy atom. The van der Waals surface area contributed by atoms with E-state index in [1.165, 1.54) is 0 Å². The number of anilines is 1. The first kappa shape index (κ1) is 21.0. The highest BCUT2D eigenvalue weighted by molar-refractivity contribution is 6.04. The Morgan fingerprint density at radius 2 is 1.97 bits per heavy atom. The fourth-order valence-electron chi connectivity index (χ4n) is 4.56. The number of fused-ring (bicyclic) bond motifs is 2. The molecule has 0 aliphatic carbocycles. The molecule has 1 N–H and O–H groups in total. The van der Waals surface area contributed by atoms with Crippen molar-refractivity contribution in [3.05, 3.63) is 53.1 Å². The lowest BCUT2D eigenvalue weighted by Gasteiger charge is -2.47. The molecular formula is C24H29N3O4. The van der Waals surface area contributed by atoms with Crippen molar-refractivity contribution >= 4 is 17.5 Å². The van der Waals surface area contributed by atoms with Crippen LogP contribution in [0.2, 0.25) is 0 Å². The van der Waals surface area contributed by atoms with Crippen molar-refractivity contribution < 1.29 is 19.1 Å². The first-order valence-electron chi connectivity index (χ1n) is 10.8. The summed E-state index contributed by atoms with van der Waals surface area (Å²) in [5, 5.41) is 2.96. The second kappa shape index (κ2) is 8.88. The summed E-state index contributed by atoms with van der Waals surface area (Å²) in [5.74, 6) is 1.26. The zero-order valence-corrected chi connectivity index (χ0v) is 18.3. The number of amides is 2. The second-order valence-corrected chi connectivity index (χ2v) is 7.85. The smallest absolute Gasteiger partial charge is 0.257 e. The molecule has 164 valence electrons. The van der Waals surface area contributed by atoms with E-state index in [1.807, 2.05) is 29.2 Å². The van der Waals surface area contributed by atoms with Gasteiger partial charge in [0, 0.05) is 30.8 Å². The van der Waals surface area contributed by atoms with E-state index in [0.717, 1.165) is 43.6 Å². The summed E-state index contributed by atoms with van der Waals surface area (Å²) in [7, 11) is 3.20. The van der Waals surface area contributed by atoms with Gasteiger partial charge < -0.3 is 24.6 Å². The van der Waals surface area contributed by atoms with E-state index in [9.17, 15) is 9.59 Å². The third-order valence-corrected chi connectivity index (χ3v) is 6.16. The Hall–Kier alpha value is -3.22. The zero-order valence-electron chi connectivity index (χ0n) is 18.3. The number of nitrogens with one attached hydrogen (secondary N) is 1. The molecule has 2 amide bonds. The Kier molecular flexibility index (Phi) is 6.02. The van der Waals surface area contributed by atoms with Crippen LogP contribution in [0.25, 0.3) is 0 Å². The third kappa shape index (κ3) is 3.92. The SMILES string of the molecule is CCN1c2cc(C(=O)NCc3cc(OC)ccc3OC)ccc2C(=O)N2CCCC[C@@H]21.